The fourth-order valence-electron chi connectivity index (χ4n) is 5.41. The molecule has 1 saturated heterocycles. The molecule has 0 saturated carbocycles. The summed E-state index contributed by atoms with van der Waals surface area (Å²) < 4.78 is 5.59. The summed E-state index contributed by atoms with van der Waals surface area (Å²) in [5.41, 5.74) is 2.47. The fourth-order valence-corrected chi connectivity index (χ4v) is 5.41. The first-order chi connectivity index (χ1) is 15.0. The summed E-state index contributed by atoms with van der Waals surface area (Å²) in [6.07, 6.45) is -0.590. The molecule has 2 aromatic rings. The van der Waals surface area contributed by atoms with Gasteiger partial charge in [0, 0.05) is 11.5 Å². The first-order valence-electron chi connectivity index (χ1n) is 10.9. The van der Waals surface area contributed by atoms with Gasteiger partial charge in [0.15, 0.2) is 0 Å². The highest BCUT2D eigenvalue weighted by atomic mass is 16.5. The number of amides is 1. The van der Waals surface area contributed by atoms with Crippen LogP contribution in [0.3, 0.4) is 0 Å². The van der Waals surface area contributed by atoms with Gasteiger partial charge in [0.05, 0.1) is 17.5 Å². The number of nitrogens with one attached hydrogen (secondary N) is 1. The smallest absolute Gasteiger partial charge is 0.407 e. The van der Waals surface area contributed by atoms with E-state index in [1.54, 1.807) is 27.7 Å². The van der Waals surface area contributed by atoms with Crippen LogP contribution >= 0.6 is 0 Å². The molecule has 2 atom stereocenters. The summed E-state index contributed by atoms with van der Waals surface area (Å²) in [6, 6.07) is 15.2. The monoisotopic (exact) mass is 437 g/mol. The van der Waals surface area contributed by atoms with Gasteiger partial charge in [0.25, 0.3) is 0 Å². The lowest BCUT2D eigenvalue weighted by molar-refractivity contribution is -0.300. The first kappa shape index (κ1) is 22.3. The second kappa shape index (κ2) is 7.90. The molecule has 1 aliphatic heterocycles. The van der Waals surface area contributed by atoms with Gasteiger partial charge in [-0.3, -0.25) is 4.79 Å². The van der Waals surface area contributed by atoms with Crippen molar-refractivity contribution in [1.82, 2.24) is 10.4 Å². The van der Waals surface area contributed by atoms with Crippen LogP contribution in [0.5, 0.6) is 0 Å². The predicted molar refractivity (Wildman–Crippen MR) is 118 cm³/mol. The molecule has 1 fully saturated rings. The van der Waals surface area contributed by atoms with Crippen molar-refractivity contribution >= 4 is 12.1 Å². The minimum atomic E-state index is -1.11. The van der Waals surface area contributed by atoms with Crippen molar-refractivity contribution in [2.45, 2.75) is 57.2 Å². The van der Waals surface area contributed by atoms with Crippen LogP contribution in [0.25, 0.3) is 11.1 Å². The molecule has 2 aromatic carbocycles. The van der Waals surface area contributed by atoms with Crippen molar-refractivity contribution in [2.75, 3.05) is 6.61 Å². The quantitative estimate of drug-likeness (QED) is 0.747. The van der Waals surface area contributed by atoms with E-state index < -0.39 is 35.1 Å². The van der Waals surface area contributed by atoms with Crippen LogP contribution in [0.4, 0.5) is 4.79 Å². The van der Waals surface area contributed by atoms with E-state index >= 15 is 0 Å². The highest BCUT2D eigenvalue weighted by Crippen LogP contribution is 2.45. The van der Waals surface area contributed by atoms with Crippen LogP contribution in [0.15, 0.2) is 48.5 Å². The number of fused-ring (bicyclic) bond motifs is 3. The summed E-state index contributed by atoms with van der Waals surface area (Å²) in [5.74, 6) is -2.04. The third-order valence-electron chi connectivity index (χ3n) is 6.89. The van der Waals surface area contributed by atoms with Crippen molar-refractivity contribution in [2.24, 2.45) is 5.92 Å². The molecule has 4 rings (SSSR count). The topological polar surface area (TPSA) is 98.8 Å². The molecule has 32 heavy (non-hydrogen) atoms. The largest absolute Gasteiger partial charge is 0.481 e. The number of ether oxygens (including phenoxy) is 1. The zero-order valence-corrected chi connectivity index (χ0v) is 18.8. The number of rotatable bonds is 4. The second-order valence-electron chi connectivity index (χ2n) is 9.86. The zero-order chi connectivity index (χ0) is 23.3. The fraction of sp³-hybridized carbons (Fsp3) is 0.440. The van der Waals surface area contributed by atoms with Gasteiger partial charge >= 0.3 is 12.1 Å². The molecular weight excluding hydrogens is 408 g/mol. The number of alkyl carbamates (subject to hydrolysis) is 1. The van der Waals surface area contributed by atoms with Gasteiger partial charge in [-0.25, -0.2) is 4.79 Å². The Morgan fingerprint density at radius 1 is 1.03 bits per heavy atom. The van der Waals surface area contributed by atoms with Crippen LogP contribution < -0.4 is 5.32 Å². The number of hydrogen-bond acceptors (Lipinski definition) is 4. The van der Waals surface area contributed by atoms with E-state index in [0.717, 1.165) is 27.3 Å². The standard InChI is InChI=1S/C25H29N2O5/c1-24(2)13-19(22(28)29)21(25(3,4)27(24)31)26-23(30)32-14-20-17-11-7-5-9-15(17)16-10-6-8-12-18(16)20/h5-12,19-21H,13-14H2,1-4H3,(H,26,30)(H,28,29)/t19-,21-/m0/s1. The van der Waals surface area contributed by atoms with Crippen LogP contribution in [-0.4, -0.2) is 46.0 Å². The number of benzene rings is 2. The van der Waals surface area contributed by atoms with E-state index in [2.05, 4.69) is 17.4 Å². The molecule has 1 aliphatic carbocycles. The average molecular weight is 438 g/mol. The Hall–Kier alpha value is -2.90. The number of carbonyl (C=O) groups is 2. The normalized spacial score (nSPS) is 23.8. The molecular formula is C25H29N2O5. The maximum Gasteiger partial charge on any atom is 0.407 e. The summed E-state index contributed by atoms with van der Waals surface area (Å²) in [6.45, 7) is 6.89. The maximum atomic E-state index is 12.9. The molecule has 169 valence electrons. The Bertz CT molecular complexity index is 1000. The van der Waals surface area contributed by atoms with Gasteiger partial charge in [-0.05, 0) is 56.4 Å². The van der Waals surface area contributed by atoms with Crippen LogP contribution in [0, 0.1) is 5.92 Å². The molecule has 1 amide bonds. The minimum Gasteiger partial charge on any atom is -0.481 e. The lowest BCUT2D eigenvalue weighted by Crippen LogP contribution is -2.71. The summed E-state index contributed by atoms with van der Waals surface area (Å²) in [5, 5.41) is 26.3. The number of hydrogen-bond donors (Lipinski definition) is 2. The lowest BCUT2D eigenvalue weighted by atomic mass is 9.71. The van der Waals surface area contributed by atoms with E-state index in [4.69, 9.17) is 4.74 Å². The third-order valence-corrected chi connectivity index (χ3v) is 6.89. The van der Waals surface area contributed by atoms with E-state index in [-0.39, 0.29) is 18.9 Å². The van der Waals surface area contributed by atoms with Gasteiger partial charge in [-0.1, -0.05) is 48.5 Å². The first-order valence-corrected chi connectivity index (χ1v) is 10.9. The lowest BCUT2D eigenvalue weighted by Gasteiger charge is -2.53. The van der Waals surface area contributed by atoms with Gasteiger partial charge in [-0.2, -0.15) is 0 Å². The van der Waals surface area contributed by atoms with E-state index in [1.807, 2.05) is 36.4 Å². The van der Waals surface area contributed by atoms with Crippen molar-refractivity contribution in [1.29, 1.82) is 0 Å². The Balaban J connectivity index is 1.51. The van der Waals surface area contributed by atoms with Crippen molar-refractivity contribution in [3.05, 3.63) is 59.7 Å². The SMILES string of the molecule is CC1(C)C[C@H](C(=O)O)[C@H](NC(=O)OCC2c3ccccc3-c3ccccc32)C(C)(C)N1[O]. The van der Waals surface area contributed by atoms with Gasteiger partial charge in [0.1, 0.15) is 6.61 Å². The van der Waals surface area contributed by atoms with Crippen molar-refractivity contribution in [3.8, 4) is 11.1 Å². The Labute approximate surface area is 188 Å². The van der Waals surface area contributed by atoms with E-state index in [1.165, 1.54) is 0 Å². The molecule has 7 heteroatoms. The molecule has 0 unspecified atom stereocenters. The Morgan fingerprint density at radius 3 is 2.09 bits per heavy atom. The Kier molecular flexibility index (Phi) is 5.51. The van der Waals surface area contributed by atoms with Crippen LogP contribution in [-0.2, 0) is 14.7 Å². The van der Waals surface area contributed by atoms with Crippen molar-refractivity contribution in [3.63, 3.8) is 0 Å². The number of carboxylic acids is 1. The number of hydroxylamine groups is 2. The number of carbonyl (C=O) groups excluding carboxylic acids is 1. The molecule has 7 nitrogen and oxygen atoms in total. The molecule has 1 radical (unpaired) electrons. The van der Waals surface area contributed by atoms with E-state index in [9.17, 15) is 19.9 Å². The highest BCUT2D eigenvalue weighted by molar-refractivity contribution is 5.79. The average Bonchev–Trinajstić information content (AvgIpc) is 3.07. The highest BCUT2D eigenvalue weighted by Gasteiger charge is 2.55. The summed E-state index contributed by atoms with van der Waals surface area (Å²) in [7, 11) is 0. The maximum absolute atomic E-state index is 12.9. The predicted octanol–water partition coefficient (Wildman–Crippen LogP) is 4.20. The molecule has 2 N–H and O–H groups in total. The van der Waals surface area contributed by atoms with Crippen LogP contribution in [0.2, 0.25) is 0 Å². The number of nitrogens with zero attached hydrogens (tertiary/aromatic N) is 1. The van der Waals surface area contributed by atoms with Gasteiger partial charge in [0.2, 0.25) is 0 Å². The molecule has 2 aliphatic rings. The van der Waals surface area contributed by atoms with Crippen molar-refractivity contribution < 1.29 is 24.6 Å². The zero-order valence-electron chi connectivity index (χ0n) is 18.8. The molecule has 0 aromatic heterocycles. The van der Waals surface area contributed by atoms with E-state index in [0.29, 0.717) is 0 Å². The molecule has 1 heterocycles. The number of aliphatic carboxylic acids is 1. The Morgan fingerprint density at radius 2 is 1.56 bits per heavy atom. The summed E-state index contributed by atoms with van der Waals surface area (Å²) >= 11 is 0. The number of carboxylic acid groups (broad SMARTS) is 1. The third kappa shape index (κ3) is 3.65. The molecule has 0 spiro atoms. The second-order valence-corrected chi connectivity index (χ2v) is 9.86. The van der Waals surface area contributed by atoms with Gasteiger partial charge in [-0.15, -0.1) is 10.3 Å². The van der Waals surface area contributed by atoms with Gasteiger partial charge < -0.3 is 15.2 Å². The van der Waals surface area contributed by atoms with Crippen LogP contribution in [0.1, 0.15) is 51.2 Å². The molecule has 0 bridgehead atoms. The number of piperidine rings is 1. The minimum absolute atomic E-state index is 0.0993. The summed E-state index contributed by atoms with van der Waals surface area (Å²) in [4.78, 5) is 24.7.